The molecule has 0 saturated carbocycles. The molecule has 0 spiro atoms. The van der Waals surface area contributed by atoms with E-state index in [1.807, 2.05) is 29.5 Å². The number of amides is 1. The number of anilines is 1. The predicted molar refractivity (Wildman–Crippen MR) is 117 cm³/mol. The molecule has 0 radical (unpaired) electrons. The monoisotopic (exact) mass is 426 g/mol. The minimum absolute atomic E-state index is 0.00408. The Morgan fingerprint density at radius 1 is 1.20 bits per heavy atom. The standard InChI is InChI=1S/C24H24F2N2OS/c1-3-18-15(2)30-24-19(18)11-12-28(23(24)16-7-5-4-6-8-16)14-22(29)27-21-10-9-17(25)13-20(21)26/h4-10,13,23H,3,11-12,14H2,1-2H3,(H,27,29)/t23-/m1/s1. The Hall–Kier alpha value is -2.57. The van der Waals surface area contributed by atoms with Crippen LogP contribution in [-0.2, 0) is 17.6 Å². The molecule has 2 aromatic carbocycles. The van der Waals surface area contributed by atoms with Gasteiger partial charge in [-0.15, -0.1) is 11.3 Å². The highest BCUT2D eigenvalue weighted by Crippen LogP contribution is 2.42. The largest absolute Gasteiger partial charge is 0.322 e. The molecule has 0 bridgehead atoms. The average Bonchev–Trinajstić information content (AvgIpc) is 3.05. The molecular formula is C24H24F2N2OS. The summed E-state index contributed by atoms with van der Waals surface area (Å²) in [6, 6.07) is 13.3. The number of aryl methyl sites for hydroxylation is 1. The van der Waals surface area contributed by atoms with Crippen molar-refractivity contribution in [2.45, 2.75) is 32.7 Å². The number of hydrogen-bond donors (Lipinski definition) is 1. The van der Waals surface area contributed by atoms with Crippen molar-refractivity contribution in [3.63, 3.8) is 0 Å². The van der Waals surface area contributed by atoms with E-state index in [2.05, 4.69) is 36.2 Å². The van der Waals surface area contributed by atoms with Gasteiger partial charge in [0.05, 0.1) is 18.3 Å². The average molecular weight is 427 g/mol. The van der Waals surface area contributed by atoms with Crippen LogP contribution in [0.15, 0.2) is 48.5 Å². The van der Waals surface area contributed by atoms with Crippen LogP contribution in [0, 0.1) is 18.6 Å². The zero-order chi connectivity index (χ0) is 21.3. The first-order chi connectivity index (χ1) is 14.5. The van der Waals surface area contributed by atoms with Gasteiger partial charge in [0.15, 0.2) is 0 Å². The smallest absolute Gasteiger partial charge is 0.238 e. The SMILES string of the molecule is CCc1c(C)sc2c1CCN(CC(=O)Nc1ccc(F)cc1F)[C@@H]2c1ccccc1. The number of carbonyl (C=O) groups excluding carboxylic acids is 1. The Morgan fingerprint density at radius 2 is 1.97 bits per heavy atom. The van der Waals surface area contributed by atoms with E-state index in [1.54, 1.807) is 0 Å². The van der Waals surface area contributed by atoms with E-state index in [9.17, 15) is 13.6 Å². The summed E-state index contributed by atoms with van der Waals surface area (Å²) in [6.45, 7) is 5.23. The number of hydrogen-bond acceptors (Lipinski definition) is 3. The van der Waals surface area contributed by atoms with Crippen LogP contribution in [0.2, 0.25) is 0 Å². The molecule has 1 aromatic heterocycles. The van der Waals surface area contributed by atoms with Crippen LogP contribution < -0.4 is 5.32 Å². The minimum atomic E-state index is -0.773. The molecule has 3 nitrogen and oxygen atoms in total. The van der Waals surface area contributed by atoms with Crippen LogP contribution in [0.1, 0.15) is 39.4 Å². The number of fused-ring (bicyclic) bond motifs is 1. The molecule has 1 N–H and O–H groups in total. The Morgan fingerprint density at radius 3 is 2.67 bits per heavy atom. The van der Waals surface area contributed by atoms with Gasteiger partial charge in [-0.1, -0.05) is 37.3 Å². The molecule has 0 aliphatic carbocycles. The van der Waals surface area contributed by atoms with Crippen LogP contribution in [0.3, 0.4) is 0 Å². The molecule has 1 amide bonds. The molecule has 3 aromatic rings. The summed E-state index contributed by atoms with van der Waals surface area (Å²) in [5, 5.41) is 2.59. The highest BCUT2D eigenvalue weighted by atomic mass is 32.1. The lowest BCUT2D eigenvalue weighted by atomic mass is 9.91. The van der Waals surface area contributed by atoms with Gasteiger partial charge in [-0.2, -0.15) is 0 Å². The van der Waals surface area contributed by atoms with Gasteiger partial charge in [-0.3, -0.25) is 9.69 Å². The first-order valence-electron chi connectivity index (χ1n) is 10.1. The number of benzene rings is 2. The maximum atomic E-state index is 13.9. The molecule has 1 atom stereocenters. The maximum Gasteiger partial charge on any atom is 0.238 e. The second-order valence-corrected chi connectivity index (χ2v) is 8.80. The molecule has 1 aliphatic rings. The molecule has 0 unspecified atom stereocenters. The number of rotatable bonds is 5. The highest BCUT2D eigenvalue weighted by molar-refractivity contribution is 7.12. The van der Waals surface area contributed by atoms with Gasteiger partial charge in [0, 0.05) is 22.4 Å². The molecule has 2 heterocycles. The van der Waals surface area contributed by atoms with E-state index in [0.717, 1.165) is 37.1 Å². The number of carbonyl (C=O) groups is 1. The molecular weight excluding hydrogens is 402 g/mol. The fourth-order valence-corrected chi connectivity index (χ4v) is 5.76. The lowest BCUT2D eigenvalue weighted by Gasteiger charge is -2.36. The highest BCUT2D eigenvalue weighted by Gasteiger charge is 2.33. The van der Waals surface area contributed by atoms with Crippen molar-refractivity contribution in [1.82, 2.24) is 4.90 Å². The van der Waals surface area contributed by atoms with Crippen LogP contribution in [0.4, 0.5) is 14.5 Å². The first kappa shape index (κ1) is 20.7. The van der Waals surface area contributed by atoms with Gasteiger partial charge < -0.3 is 5.32 Å². The zero-order valence-corrected chi connectivity index (χ0v) is 17.9. The second kappa shape index (κ2) is 8.66. The predicted octanol–water partition coefficient (Wildman–Crippen LogP) is 5.48. The van der Waals surface area contributed by atoms with Gasteiger partial charge in [0.25, 0.3) is 0 Å². The summed E-state index contributed by atoms with van der Waals surface area (Å²) in [4.78, 5) is 17.5. The van der Waals surface area contributed by atoms with Gasteiger partial charge in [0.1, 0.15) is 11.6 Å². The fraction of sp³-hybridized carbons (Fsp3) is 0.292. The van der Waals surface area contributed by atoms with Crippen molar-refractivity contribution in [1.29, 1.82) is 0 Å². The molecule has 0 fully saturated rings. The van der Waals surface area contributed by atoms with E-state index in [-0.39, 0.29) is 24.2 Å². The molecule has 0 saturated heterocycles. The topological polar surface area (TPSA) is 32.3 Å². The first-order valence-corrected chi connectivity index (χ1v) is 10.9. The van der Waals surface area contributed by atoms with Crippen LogP contribution in [0.5, 0.6) is 0 Å². The summed E-state index contributed by atoms with van der Waals surface area (Å²) in [5.41, 5.74) is 3.97. The van der Waals surface area contributed by atoms with E-state index < -0.39 is 11.6 Å². The summed E-state index contributed by atoms with van der Waals surface area (Å²) in [7, 11) is 0. The van der Waals surface area contributed by atoms with E-state index >= 15 is 0 Å². The fourth-order valence-electron chi connectivity index (χ4n) is 4.29. The number of thiophene rings is 1. The molecule has 4 rings (SSSR count). The van der Waals surface area contributed by atoms with Crippen molar-refractivity contribution < 1.29 is 13.6 Å². The van der Waals surface area contributed by atoms with Crippen molar-refractivity contribution in [3.8, 4) is 0 Å². The molecule has 1 aliphatic heterocycles. The third-order valence-corrected chi connectivity index (χ3v) is 6.88. The lowest BCUT2D eigenvalue weighted by molar-refractivity contribution is -0.117. The van der Waals surface area contributed by atoms with Crippen LogP contribution in [-0.4, -0.2) is 23.9 Å². The molecule has 30 heavy (non-hydrogen) atoms. The number of nitrogens with one attached hydrogen (secondary N) is 1. The van der Waals surface area contributed by atoms with Crippen LogP contribution >= 0.6 is 11.3 Å². The second-order valence-electron chi connectivity index (χ2n) is 7.54. The third-order valence-electron chi connectivity index (χ3n) is 5.63. The van der Waals surface area contributed by atoms with Crippen molar-refractivity contribution >= 4 is 22.9 Å². The summed E-state index contributed by atoms with van der Waals surface area (Å²) in [6.07, 6.45) is 1.90. The Kier molecular flexibility index (Phi) is 5.97. The molecule has 156 valence electrons. The quantitative estimate of drug-likeness (QED) is 0.586. The van der Waals surface area contributed by atoms with Gasteiger partial charge in [-0.25, -0.2) is 8.78 Å². The normalized spacial score (nSPS) is 16.3. The molecule has 6 heteroatoms. The summed E-state index contributed by atoms with van der Waals surface area (Å²) < 4.78 is 27.1. The van der Waals surface area contributed by atoms with Crippen molar-refractivity contribution in [2.75, 3.05) is 18.4 Å². The van der Waals surface area contributed by atoms with E-state index in [1.165, 1.54) is 26.9 Å². The Balaban J connectivity index is 1.62. The zero-order valence-electron chi connectivity index (χ0n) is 17.0. The number of halogens is 2. The third kappa shape index (κ3) is 4.02. The number of nitrogens with zero attached hydrogens (tertiary/aromatic N) is 1. The van der Waals surface area contributed by atoms with Gasteiger partial charge in [0.2, 0.25) is 5.91 Å². The van der Waals surface area contributed by atoms with Crippen molar-refractivity contribution in [2.24, 2.45) is 0 Å². The van der Waals surface area contributed by atoms with Crippen molar-refractivity contribution in [3.05, 3.63) is 86.6 Å². The van der Waals surface area contributed by atoms with E-state index in [4.69, 9.17) is 0 Å². The van der Waals surface area contributed by atoms with Gasteiger partial charge in [-0.05, 0) is 48.6 Å². The Bertz CT molecular complexity index is 1060. The summed E-state index contributed by atoms with van der Waals surface area (Å²) >= 11 is 1.81. The van der Waals surface area contributed by atoms with Gasteiger partial charge >= 0.3 is 0 Å². The Labute approximate surface area is 179 Å². The maximum absolute atomic E-state index is 13.9. The summed E-state index contributed by atoms with van der Waals surface area (Å²) in [5.74, 6) is -1.75. The minimum Gasteiger partial charge on any atom is -0.322 e. The van der Waals surface area contributed by atoms with Crippen LogP contribution in [0.25, 0.3) is 0 Å². The van der Waals surface area contributed by atoms with E-state index in [0.29, 0.717) is 0 Å². The lowest BCUT2D eigenvalue weighted by Crippen LogP contribution is -2.40.